The normalized spacial score (nSPS) is 10.5. The Bertz CT molecular complexity index is 516. The molecule has 0 amide bonds. The van der Waals surface area contributed by atoms with Gasteiger partial charge in [-0.05, 0) is 18.2 Å². The molecule has 2 rings (SSSR count). The fraction of sp³-hybridized carbons (Fsp3) is 0.200. The van der Waals surface area contributed by atoms with Crippen molar-refractivity contribution in [2.45, 2.75) is 0 Å². The molecule has 2 N–H and O–H groups in total. The van der Waals surface area contributed by atoms with Crippen LogP contribution in [0.25, 0.3) is 10.9 Å². The summed E-state index contributed by atoms with van der Waals surface area (Å²) < 4.78 is 0. The van der Waals surface area contributed by atoms with Crippen molar-refractivity contribution in [1.29, 1.82) is 0 Å². The van der Waals surface area contributed by atoms with Crippen molar-refractivity contribution in [1.82, 2.24) is 10.2 Å². The van der Waals surface area contributed by atoms with Gasteiger partial charge in [0.15, 0.2) is 5.69 Å². The van der Waals surface area contributed by atoms with Crippen molar-refractivity contribution in [3.05, 3.63) is 23.9 Å². The Morgan fingerprint density at radius 1 is 1.47 bits per heavy atom. The molecule has 1 heterocycles. The van der Waals surface area contributed by atoms with Crippen LogP contribution in [0.4, 0.5) is 5.69 Å². The predicted octanol–water partition coefficient (Wildman–Crippen LogP) is 1.33. The van der Waals surface area contributed by atoms with Crippen molar-refractivity contribution in [3.8, 4) is 0 Å². The Kier molecular flexibility index (Phi) is 2.07. The van der Waals surface area contributed by atoms with Crippen molar-refractivity contribution < 1.29 is 9.90 Å². The summed E-state index contributed by atoms with van der Waals surface area (Å²) in [6.45, 7) is 0. The third-order valence-electron chi connectivity index (χ3n) is 2.27. The standard InChI is InChI=1S/C10H11N3O2/c1-13(2)6-3-4-8-7(5-6)9(10(14)15)12-11-8/h3-5H,1-2H3,(H,11,12)(H,14,15). The van der Waals surface area contributed by atoms with Gasteiger partial charge in [0.25, 0.3) is 0 Å². The zero-order valence-electron chi connectivity index (χ0n) is 8.48. The summed E-state index contributed by atoms with van der Waals surface area (Å²) in [6, 6.07) is 5.54. The summed E-state index contributed by atoms with van der Waals surface area (Å²) in [6.07, 6.45) is 0. The number of anilines is 1. The molecule has 0 aliphatic carbocycles. The minimum atomic E-state index is -1.02. The number of rotatable bonds is 2. The first-order valence-electron chi connectivity index (χ1n) is 4.48. The van der Waals surface area contributed by atoms with Crippen LogP contribution in [0.15, 0.2) is 18.2 Å². The van der Waals surface area contributed by atoms with Gasteiger partial charge in [-0.1, -0.05) is 0 Å². The first kappa shape index (κ1) is 9.51. The minimum absolute atomic E-state index is 0.0636. The van der Waals surface area contributed by atoms with E-state index in [4.69, 9.17) is 5.11 Å². The molecule has 0 saturated carbocycles. The maximum atomic E-state index is 10.9. The third-order valence-corrected chi connectivity index (χ3v) is 2.27. The fourth-order valence-corrected chi connectivity index (χ4v) is 1.44. The van der Waals surface area contributed by atoms with Crippen LogP contribution in [-0.4, -0.2) is 35.4 Å². The molecule has 0 bridgehead atoms. The summed E-state index contributed by atoms with van der Waals surface area (Å²) in [5, 5.41) is 16.0. The van der Waals surface area contributed by atoms with Gasteiger partial charge >= 0.3 is 5.97 Å². The van der Waals surface area contributed by atoms with E-state index in [2.05, 4.69) is 10.2 Å². The van der Waals surface area contributed by atoms with Crippen molar-refractivity contribution in [3.63, 3.8) is 0 Å². The number of carboxylic acid groups (broad SMARTS) is 1. The van der Waals surface area contributed by atoms with Gasteiger partial charge in [-0.25, -0.2) is 4.79 Å². The van der Waals surface area contributed by atoms with E-state index < -0.39 is 5.97 Å². The fourth-order valence-electron chi connectivity index (χ4n) is 1.44. The van der Waals surface area contributed by atoms with Crippen LogP contribution in [0.1, 0.15) is 10.5 Å². The largest absolute Gasteiger partial charge is 0.476 e. The average molecular weight is 205 g/mol. The molecular weight excluding hydrogens is 194 g/mol. The first-order chi connectivity index (χ1) is 7.09. The maximum Gasteiger partial charge on any atom is 0.357 e. The van der Waals surface area contributed by atoms with Gasteiger partial charge < -0.3 is 10.0 Å². The molecule has 1 aromatic heterocycles. The van der Waals surface area contributed by atoms with Gasteiger partial charge in [0.1, 0.15) is 0 Å². The Balaban J connectivity index is 2.66. The molecule has 5 nitrogen and oxygen atoms in total. The van der Waals surface area contributed by atoms with E-state index in [9.17, 15) is 4.79 Å². The lowest BCUT2D eigenvalue weighted by Crippen LogP contribution is -2.08. The van der Waals surface area contributed by atoms with Gasteiger partial charge in [0.05, 0.1) is 5.52 Å². The van der Waals surface area contributed by atoms with Crippen LogP contribution in [0.5, 0.6) is 0 Å². The van der Waals surface area contributed by atoms with Gasteiger partial charge in [0.2, 0.25) is 0 Å². The number of carboxylic acids is 1. The van der Waals surface area contributed by atoms with Gasteiger partial charge in [0, 0.05) is 25.2 Å². The van der Waals surface area contributed by atoms with Crippen LogP contribution in [0, 0.1) is 0 Å². The Labute approximate surface area is 86.3 Å². The predicted molar refractivity (Wildman–Crippen MR) is 57.4 cm³/mol. The highest BCUT2D eigenvalue weighted by Gasteiger charge is 2.12. The van der Waals surface area contributed by atoms with E-state index in [1.165, 1.54) is 0 Å². The number of benzene rings is 1. The van der Waals surface area contributed by atoms with Gasteiger partial charge in [-0.15, -0.1) is 0 Å². The third kappa shape index (κ3) is 1.52. The second-order valence-electron chi connectivity index (χ2n) is 3.50. The Morgan fingerprint density at radius 3 is 2.80 bits per heavy atom. The van der Waals surface area contributed by atoms with Gasteiger partial charge in [-0.3, -0.25) is 5.10 Å². The number of carbonyl (C=O) groups is 1. The number of aromatic carboxylic acids is 1. The number of H-pyrrole nitrogens is 1. The molecular formula is C10H11N3O2. The SMILES string of the molecule is CN(C)c1ccc2[nH]nc(C(=O)O)c2c1. The Hall–Kier alpha value is -2.04. The molecule has 0 aliphatic heterocycles. The van der Waals surface area contributed by atoms with Gasteiger partial charge in [-0.2, -0.15) is 5.10 Å². The monoisotopic (exact) mass is 205 g/mol. The molecule has 0 saturated heterocycles. The number of hydrogen-bond acceptors (Lipinski definition) is 3. The smallest absolute Gasteiger partial charge is 0.357 e. The molecule has 1 aromatic carbocycles. The first-order valence-corrected chi connectivity index (χ1v) is 4.48. The molecule has 0 unspecified atom stereocenters. The van der Waals surface area contributed by atoms with Crippen molar-refractivity contribution >= 4 is 22.6 Å². The highest BCUT2D eigenvalue weighted by molar-refractivity contribution is 6.01. The summed E-state index contributed by atoms with van der Waals surface area (Å²) >= 11 is 0. The number of hydrogen-bond donors (Lipinski definition) is 2. The van der Waals surface area contributed by atoms with Crippen LogP contribution in [-0.2, 0) is 0 Å². The highest BCUT2D eigenvalue weighted by atomic mass is 16.4. The topological polar surface area (TPSA) is 69.2 Å². The van der Waals surface area contributed by atoms with E-state index >= 15 is 0 Å². The summed E-state index contributed by atoms with van der Waals surface area (Å²) in [4.78, 5) is 12.8. The average Bonchev–Trinajstić information content (AvgIpc) is 2.59. The Morgan fingerprint density at radius 2 is 2.20 bits per heavy atom. The highest BCUT2D eigenvalue weighted by Crippen LogP contribution is 2.21. The molecule has 0 radical (unpaired) electrons. The number of nitrogens with zero attached hydrogens (tertiary/aromatic N) is 2. The molecule has 0 fully saturated rings. The van der Waals surface area contributed by atoms with Crippen LogP contribution < -0.4 is 4.90 Å². The maximum absolute atomic E-state index is 10.9. The van der Waals surface area contributed by atoms with Crippen LogP contribution in [0.3, 0.4) is 0 Å². The zero-order chi connectivity index (χ0) is 11.0. The number of aromatic amines is 1. The zero-order valence-corrected chi connectivity index (χ0v) is 8.48. The molecule has 0 spiro atoms. The molecule has 0 atom stereocenters. The molecule has 15 heavy (non-hydrogen) atoms. The molecule has 78 valence electrons. The van der Waals surface area contributed by atoms with E-state index in [1.807, 2.05) is 37.2 Å². The van der Waals surface area contributed by atoms with E-state index in [-0.39, 0.29) is 5.69 Å². The summed E-state index contributed by atoms with van der Waals surface area (Å²) in [7, 11) is 3.81. The molecule has 0 aliphatic rings. The lowest BCUT2D eigenvalue weighted by atomic mass is 10.2. The van der Waals surface area contributed by atoms with Crippen molar-refractivity contribution in [2.75, 3.05) is 19.0 Å². The number of aromatic nitrogens is 2. The number of fused-ring (bicyclic) bond motifs is 1. The van der Waals surface area contributed by atoms with E-state index in [0.29, 0.717) is 5.39 Å². The second-order valence-corrected chi connectivity index (χ2v) is 3.50. The van der Waals surface area contributed by atoms with Crippen molar-refractivity contribution in [2.24, 2.45) is 0 Å². The summed E-state index contributed by atoms with van der Waals surface area (Å²) in [5.74, 6) is -1.02. The second kappa shape index (κ2) is 3.27. The van der Waals surface area contributed by atoms with Crippen LogP contribution >= 0.6 is 0 Å². The molecule has 2 aromatic rings. The van der Waals surface area contributed by atoms with Crippen LogP contribution in [0.2, 0.25) is 0 Å². The minimum Gasteiger partial charge on any atom is -0.476 e. The quantitative estimate of drug-likeness (QED) is 0.776. The molecule has 5 heteroatoms. The van der Waals surface area contributed by atoms with E-state index in [1.54, 1.807) is 0 Å². The lowest BCUT2D eigenvalue weighted by Gasteiger charge is -2.11. The number of nitrogens with one attached hydrogen (secondary N) is 1. The lowest BCUT2D eigenvalue weighted by molar-refractivity contribution is 0.0692. The van der Waals surface area contributed by atoms with E-state index in [0.717, 1.165) is 11.2 Å². The summed E-state index contributed by atoms with van der Waals surface area (Å²) in [5.41, 5.74) is 1.75.